The number of benzene rings is 4. The van der Waals surface area contributed by atoms with E-state index in [0.717, 1.165) is 28.2 Å². The average molecular weight is 430 g/mol. The molecule has 0 saturated carbocycles. The number of halogens is 2. The van der Waals surface area contributed by atoms with Crippen molar-refractivity contribution in [2.45, 2.75) is 13.8 Å². The van der Waals surface area contributed by atoms with Crippen LogP contribution in [0.1, 0.15) is 13.8 Å². The summed E-state index contributed by atoms with van der Waals surface area (Å²) in [5.41, 5.74) is 3.90. The minimum Gasteiger partial charge on any atom is -0.494 e. The Morgan fingerprint density at radius 3 is 1.50 bits per heavy atom. The molecule has 0 aliphatic rings. The summed E-state index contributed by atoms with van der Waals surface area (Å²) in [4.78, 5) is 0. The molecule has 0 bridgehead atoms. The third-order valence-corrected chi connectivity index (χ3v) is 5.23. The fraction of sp³-hybridized carbons (Fsp3) is 0.143. The third-order valence-electron chi connectivity index (χ3n) is 5.23. The zero-order valence-electron chi connectivity index (χ0n) is 18.1. The Bertz CT molecular complexity index is 1180. The lowest BCUT2D eigenvalue weighted by Gasteiger charge is -2.16. The van der Waals surface area contributed by atoms with E-state index in [1.807, 2.05) is 68.4 Å². The first-order valence-electron chi connectivity index (χ1n) is 10.7. The van der Waals surface area contributed by atoms with Crippen molar-refractivity contribution in [3.8, 4) is 44.9 Å². The first kappa shape index (κ1) is 21.6. The molecule has 0 aliphatic carbocycles. The quantitative estimate of drug-likeness (QED) is 0.298. The lowest BCUT2D eigenvalue weighted by atomic mass is 9.90. The molecule has 4 heteroatoms. The summed E-state index contributed by atoms with van der Waals surface area (Å²) in [6.45, 7) is 4.99. The summed E-state index contributed by atoms with van der Waals surface area (Å²) >= 11 is 0. The van der Waals surface area contributed by atoms with Crippen molar-refractivity contribution in [2.75, 3.05) is 13.2 Å². The van der Waals surface area contributed by atoms with Gasteiger partial charge >= 0.3 is 0 Å². The van der Waals surface area contributed by atoms with Crippen LogP contribution in [0.15, 0.2) is 84.9 Å². The van der Waals surface area contributed by atoms with Crippen LogP contribution in [-0.4, -0.2) is 13.2 Å². The number of hydrogen-bond acceptors (Lipinski definition) is 2. The second-order valence-corrected chi connectivity index (χ2v) is 7.27. The van der Waals surface area contributed by atoms with Crippen molar-refractivity contribution in [3.63, 3.8) is 0 Å². The van der Waals surface area contributed by atoms with Gasteiger partial charge in [-0.25, -0.2) is 8.78 Å². The highest BCUT2D eigenvalue weighted by Crippen LogP contribution is 2.39. The molecular formula is C28H24F2O2. The lowest BCUT2D eigenvalue weighted by Crippen LogP contribution is -1.96. The summed E-state index contributed by atoms with van der Waals surface area (Å²) in [6.07, 6.45) is 0. The van der Waals surface area contributed by atoms with E-state index in [-0.39, 0.29) is 11.6 Å². The van der Waals surface area contributed by atoms with Gasteiger partial charge in [0.1, 0.15) is 23.1 Å². The molecule has 4 aromatic carbocycles. The van der Waals surface area contributed by atoms with Gasteiger partial charge in [-0.05, 0) is 72.5 Å². The van der Waals surface area contributed by atoms with Crippen molar-refractivity contribution in [1.29, 1.82) is 0 Å². The molecule has 0 aromatic heterocycles. The Morgan fingerprint density at radius 1 is 0.531 bits per heavy atom. The highest BCUT2D eigenvalue weighted by atomic mass is 19.1. The normalized spacial score (nSPS) is 10.8. The molecule has 0 atom stereocenters. The minimum atomic E-state index is -0.355. The van der Waals surface area contributed by atoms with Crippen molar-refractivity contribution in [2.24, 2.45) is 0 Å². The molecule has 0 aliphatic heterocycles. The van der Waals surface area contributed by atoms with Crippen LogP contribution < -0.4 is 9.47 Å². The van der Waals surface area contributed by atoms with Crippen LogP contribution >= 0.6 is 0 Å². The second-order valence-electron chi connectivity index (χ2n) is 7.27. The Morgan fingerprint density at radius 2 is 0.969 bits per heavy atom. The van der Waals surface area contributed by atoms with Gasteiger partial charge in [-0.3, -0.25) is 0 Å². The monoisotopic (exact) mass is 430 g/mol. The van der Waals surface area contributed by atoms with Gasteiger partial charge in [0.15, 0.2) is 0 Å². The van der Waals surface area contributed by atoms with E-state index in [4.69, 9.17) is 9.47 Å². The zero-order chi connectivity index (χ0) is 22.5. The van der Waals surface area contributed by atoms with Gasteiger partial charge in [0.2, 0.25) is 0 Å². The molecule has 0 radical (unpaired) electrons. The van der Waals surface area contributed by atoms with Gasteiger partial charge in [-0.15, -0.1) is 0 Å². The smallest absolute Gasteiger partial charge is 0.139 e. The Hall–Kier alpha value is -3.66. The maximum atomic E-state index is 16.0. The largest absolute Gasteiger partial charge is 0.494 e. The molecule has 0 N–H and O–H groups in total. The number of hydrogen-bond donors (Lipinski definition) is 0. The molecule has 2 nitrogen and oxygen atoms in total. The summed E-state index contributed by atoms with van der Waals surface area (Å²) in [5, 5.41) is 0. The molecule has 0 spiro atoms. The summed E-state index contributed by atoms with van der Waals surface area (Å²) in [6, 6.07) is 24.5. The van der Waals surface area contributed by atoms with E-state index in [0.29, 0.717) is 29.9 Å². The third kappa shape index (κ3) is 4.50. The average Bonchev–Trinajstić information content (AvgIpc) is 2.81. The van der Waals surface area contributed by atoms with Crippen molar-refractivity contribution in [3.05, 3.63) is 96.6 Å². The van der Waals surface area contributed by atoms with Gasteiger partial charge in [-0.2, -0.15) is 0 Å². The van der Waals surface area contributed by atoms with Crippen molar-refractivity contribution < 1.29 is 18.3 Å². The van der Waals surface area contributed by atoms with Gasteiger partial charge in [0.25, 0.3) is 0 Å². The standard InChI is InChI=1S/C28H24F2O2/c1-3-31-23-13-7-19(8-14-23)25-17-18-26(20-5-11-22(29)12-6-20)28(30)27(25)21-9-15-24(16-10-21)32-4-2/h5-18H,3-4H2,1-2H3. The highest BCUT2D eigenvalue weighted by Gasteiger charge is 2.18. The van der Waals surface area contributed by atoms with Gasteiger partial charge in [0, 0.05) is 11.1 Å². The fourth-order valence-electron chi connectivity index (χ4n) is 3.73. The molecule has 4 rings (SSSR count). The summed E-state index contributed by atoms with van der Waals surface area (Å²) in [7, 11) is 0. The van der Waals surface area contributed by atoms with E-state index in [1.165, 1.54) is 12.1 Å². The highest BCUT2D eigenvalue weighted by molar-refractivity contribution is 5.88. The van der Waals surface area contributed by atoms with Crippen molar-refractivity contribution in [1.82, 2.24) is 0 Å². The number of rotatable bonds is 7. The molecule has 4 aromatic rings. The fourth-order valence-corrected chi connectivity index (χ4v) is 3.73. The summed E-state index contributed by atoms with van der Waals surface area (Å²) < 4.78 is 40.5. The molecule has 0 unspecified atom stereocenters. The maximum absolute atomic E-state index is 16.0. The molecule has 0 heterocycles. The van der Waals surface area contributed by atoms with E-state index < -0.39 is 0 Å². The molecule has 32 heavy (non-hydrogen) atoms. The van der Waals surface area contributed by atoms with E-state index in [9.17, 15) is 4.39 Å². The van der Waals surface area contributed by atoms with E-state index >= 15 is 4.39 Å². The van der Waals surface area contributed by atoms with Gasteiger partial charge < -0.3 is 9.47 Å². The minimum absolute atomic E-state index is 0.354. The van der Waals surface area contributed by atoms with Crippen LogP contribution in [0.25, 0.3) is 33.4 Å². The van der Waals surface area contributed by atoms with E-state index in [1.54, 1.807) is 18.2 Å². The molecule has 162 valence electrons. The van der Waals surface area contributed by atoms with Crippen LogP contribution in [0, 0.1) is 11.6 Å². The molecule has 0 amide bonds. The Kier molecular flexibility index (Phi) is 6.50. The lowest BCUT2D eigenvalue weighted by molar-refractivity contribution is 0.340. The number of ether oxygens (including phenoxy) is 2. The van der Waals surface area contributed by atoms with Crippen LogP contribution in [0.2, 0.25) is 0 Å². The molecule has 0 fully saturated rings. The second kappa shape index (κ2) is 9.65. The van der Waals surface area contributed by atoms with Gasteiger partial charge in [0.05, 0.1) is 13.2 Å². The summed E-state index contributed by atoms with van der Waals surface area (Å²) in [5.74, 6) is 0.787. The zero-order valence-corrected chi connectivity index (χ0v) is 18.1. The predicted molar refractivity (Wildman–Crippen MR) is 125 cm³/mol. The maximum Gasteiger partial charge on any atom is 0.139 e. The van der Waals surface area contributed by atoms with Crippen LogP contribution in [0.4, 0.5) is 8.78 Å². The SMILES string of the molecule is CCOc1ccc(-c2ccc(-c3ccc(F)cc3)c(F)c2-c2ccc(OCC)cc2)cc1. The topological polar surface area (TPSA) is 18.5 Å². The first-order valence-corrected chi connectivity index (χ1v) is 10.7. The Balaban J connectivity index is 1.87. The van der Waals surface area contributed by atoms with Crippen LogP contribution in [-0.2, 0) is 0 Å². The van der Waals surface area contributed by atoms with Crippen LogP contribution in [0.3, 0.4) is 0 Å². The van der Waals surface area contributed by atoms with Crippen molar-refractivity contribution >= 4 is 0 Å². The first-order chi connectivity index (χ1) is 15.6. The van der Waals surface area contributed by atoms with Crippen LogP contribution in [0.5, 0.6) is 11.5 Å². The molecule has 0 saturated heterocycles. The Labute approximate surface area is 187 Å². The molecular weight excluding hydrogens is 406 g/mol. The van der Waals surface area contributed by atoms with Gasteiger partial charge in [-0.1, -0.05) is 48.5 Å². The predicted octanol–water partition coefficient (Wildman–Crippen LogP) is 7.76. The van der Waals surface area contributed by atoms with E-state index in [2.05, 4.69) is 0 Å².